The fourth-order valence-electron chi connectivity index (χ4n) is 0.401. The Hall–Kier alpha value is -0.790. The van der Waals surface area contributed by atoms with E-state index in [2.05, 4.69) is 0 Å². The number of aliphatic hydroxyl groups is 1. The van der Waals surface area contributed by atoms with E-state index in [1.165, 1.54) is 0 Å². The summed E-state index contributed by atoms with van der Waals surface area (Å²) in [4.78, 5) is 10.2. The van der Waals surface area contributed by atoms with E-state index in [1.54, 1.807) is 0 Å². The molecule has 0 heterocycles. The van der Waals surface area contributed by atoms with Crippen molar-refractivity contribution in [3.05, 3.63) is 11.8 Å². The molecule has 0 aliphatic rings. The molecule has 0 aromatic carbocycles. The molecule has 0 unspecified atom stereocenters. The molecule has 0 aliphatic carbocycles. The average Bonchev–Trinajstić information content (AvgIpc) is 1.65. The van der Waals surface area contributed by atoms with Crippen molar-refractivity contribution in [3.8, 4) is 0 Å². The summed E-state index contributed by atoms with van der Waals surface area (Å²) in [5.41, 5.74) is 0.179. The maximum Gasteiger partial charge on any atom is 0.149 e. The topological polar surface area (TPSA) is 37.3 Å². The Balaban J connectivity index is 4.32. The van der Waals surface area contributed by atoms with Crippen molar-refractivity contribution in [3.63, 3.8) is 0 Å². The van der Waals surface area contributed by atoms with Gasteiger partial charge < -0.3 is 5.11 Å². The molecule has 0 aliphatic heterocycles. The number of allylic oxidation sites excluding steroid dienone is 1. The number of aldehydes is 1. The summed E-state index contributed by atoms with van der Waals surface area (Å²) in [5.74, 6) is 0. The summed E-state index contributed by atoms with van der Waals surface area (Å²) < 4.78 is 0. The second kappa shape index (κ2) is 2.67. The summed E-state index contributed by atoms with van der Waals surface area (Å²) >= 11 is 0. The maximum atomic E-state index is 10.2. The van der Waals surface area contributed by atoms with Crippen molar-refractivity contribution in [1.29, 1.82) is 0 Å². The Bertz CT molecular complexity index is 128. The van der Waals surface area contributed by atoms with E-state index < -0.39 is 0 Å². The molecule has 0 radical (unpaired) electrons. The Morgan fingerprint density at radius 3 is 1.89 bits per heavy atom. The van der Waals surface area contributed by atoms with Gasteiger partial charge in [0.15, 0.2) is 0 Å². The molecule has 2 nitrogen and oxygen atoms in total. The zero-order chi connectivity index (χ0) is 7.49. The summed E-state index contributed by atoms with van der Waals surface area (Å²) in [7, 11) is 0. The van der Waals surface area contributed by atoms with Crippen molar-refractivity contribution in [2.45, 2.75) is 20.8 Å². The third-order valence-electron chi connectivity index (χ3n) is 1.13. The van der Waals surface area contributed by atoms with Crippen LogP contribution in [0.25, 0.3) is 0 Å². The molecule has 52 valence electrons. The monoisotopic (exact) mass is 128 g/mol. The smallest absolute Gasteiger partial charge is 0.149 e. The molecule has 0 aromatic heterocycles. The van der Waals surface area contributed by atoms with Crippen LogP contribution in [-0.2, 0) is 4.79 Å². The van der Waals surface area contributed by atoms with Gasteiger partial charge in [-0.25, -0.2) is 0 Å². The first-order chi connectivity index (χ1) is 4.02. The third-order valence-corrected chi connectivity index (χ3v) is 1.13. The highest BCUT2D eigenvalue weighted by Gasteiger charge is 2.15. The van der Waals surface area contributed by atoms with Crippen LogP contribution in [0.2, 0.25) is 0 Å². The van der Waals surface area contributed by atoms with E-state index >= 15 is 0 Å². The normalized spacial score (nSPS) is 13.4. The number of hydrogen-bond acceptors (Lipinski definition) is 2. The summed E-state index contributed by atoms with van der Waals surface area (Å²) in [6.07, 6.45) is 1.52. The lowest BCUT2D eigenvalue weighted by atomic mass is 9.88. The average molecular weight is 128 g/mol. The van der Waals surface area contributed by atoms with Gasteiger partial charge in [0, 0.05) is 5.57 Å². The molecule has 0 atom stereocenters. The molecule has 9 heavy (non-hydrogen) atoms. The lowest BCUT2D eigenvalue weighted by Gasteiger charge is -2.15. The molecule has 0 aromatic rings. The number of aliphatic hydroxyl groups excluding tert-OH is 1. The number of carbonyl (C=O) groups excluding carboxylic acids is 1. The van der Waals surface area contributed by atoms with Crippen molar-refractivity contribution >= 4 is 6.29 Å². The molecule has 0 amide bonds. The quantitative estimate of drug-likeness (QED) is 0.331. The van der Waals surface area contributed by atoms with Gasteiger partial charge in [0.1, 0.15) is 6.29 Å². The number of hydrogen-bond donors (Lipinski definition) is 1. The first kappa shape index (κ1) is 8.21. The van der Waals surface area contributed by atoms with Gasteiger partial charge in [-0.1, -0.05) is 20.8 Å². The minimum absolute atomic E-state index is 0.240. The highest BCUT2D eigenvalue weighted by molar-refractivity contribution is 5.74. The van der Waals surface area contributed by atoms with E-state index in [9.17, 15) is 4.79 Å². The molecule has 0 fully saturated rings. The summed E-state index contributed by atoms with van der Waals surface area (Å²) in [5, 5.41) is 8.47. The lowest BCUT2D eigenvalue weighted by Crippen LogP contribution is -2.10. The van der Waals surface area contributed by atoms with Crippen LogP contribution < -0.4 is 0 Å². The highest BCUT2D eigenvalue weighted by Crippen LogP contribution is 2.21. The van der Waals surface area contributed by atoms with Crippen molar-refractivity contribution < 1.29 is 9.90 Å². The van der Waals surface area contributed by atoms with E-state index in [0.29, 0.717) is 11.9 Å². The molecule has 2 heteroatoms. The summed E-state index contributed by atoms with van der Waals surface area (Å²) in [6.45, 7) is 5.59. The highest BCUT2D eigenvalue weighted by atomic mass is 16.2. The number of carbonyl (C=O) groups is 1. The summed E-state index contributed by atoms with van der Waals surface area (Å²) in [6, 6.07) is 0. The predicted octanol–water partition coefficient (Wildman–Crippen LogP) is 1.67. The number of rotatable bonds is 1. The van der Waals surface area contributed by atoms with Gasteiger partial charge in [-0.05, 0) is 5.41 Å². The lowest BCUT2D eigenvalue weighted by molar-refractivity contribution is -0.105. The van der Waals surface area contributed by atoms with Crippen LogP contribution in [0.5, 0.6) is 0 Å². The molecule has 0 spiro atoms. The predicted molar refractivity (Wildman–Crippen MR) is 36.2 cm³/mol. The molecular formula is C7H12O2. The first-order valence-electron chi connectivity index (χ1n) is 2.82. The van der Waals surface area contributed by atoms with Crippen LogP contribution in [0, 0.1) is 5.41 Å². The van der Waals surface area contributed by atoms with Gasteiger partial charge in [-0.2, -0.15) is 0 Å². The molecule has 0 saturated heterocycles. The standard InChI is InChI=1S/C7H12O2/c1-7(2,3)6(4-8)5-9/h4-5,8H,1-3H3. The van der Waals surface area contributed by atoms with Gasteiger partial charge in [0.2, 0.25) is 0 Å². The molecule has 0 saturated carbocycles. The Labute approximate surface area is 55.2 Å². The SMILES string of the molecule is CC(C)(C)C(C=O)=CO. The van der Waals surface area contributed by atoms with Gasteiger partial charge in [0.25, 0.3) is 0 Å². The van der Waals surface area contributed by atoms with Crippen LogP contribution in [-0.4, -0.2) is 11.4 Å². The Morgan fingerprint density at radius 2 is 1.89 bits per heavy atom. The second-order valence-electron chi connectivity index (χ2n) is 2.95. The minimum Gasteiger partial charge on any atom is -0.515 e. The van der Waals surface area contributed by atoms with E-state index in [4.69, 9.17) is 5.11 Å². The fraction of sp³-hybridized carbons (Fsp3) is 0.571. The van der Waals surface area contributed by atoms with E-state index in [1.807, 2.05) is 20.8 Å². The maximum absolute atomic E-state index is 10.2. The van der Waals surface area contributed by atoms with Crippen LogP contribution in [0.15, 0.2) is 11.8 Å². The minimum atomic E-state index is -0.240. The van der Waals surface area contributed by atoms with Crippen LogP contribution >= 0.6 is 0 Å². The Morgan fingerprint density at radius 1 is 1.44 bits per heavy atom. The van der Waals surface area contributed by atoms with Crippen LogP contribution in [0.3, 0.4) is 0 Å². The zero-order valence-electron chi connectivity index (χ0n) is 6.01. The largest absolute Gasteiger partial charge is 0.515 e. The van der Waals surface area contributed by atoms with Crippen molar-refractivity contribution in [1.82, 2.24) is 0 Å². The van der Waals surface area contributed by atoms with Crippen molar-refractivity contribution in [2.75, 3.05) is 0 Å². The van der Waals surface area contributed by atoms with Gasteiger partial charge in [-0.3, -0.25) is 4.79 Å². The molecule has 0 rings (SSSR count). The molecule has 1 N–H and O–H groups in total. The van der Waals surface area contributed by atoms with Gasteiger partial charge in [-0.15, -0.1) is 0 Å². The second-order valence-corrected chi connectivity index (χ2v) is 2.95. The molecular weight excluding hydrogens is 116 g/mol. The van der Waals surface area contributed by atoms with Crippen molar-refractivity contribution in [2.24, 2.45) is 5.41 Å². The van der Waals surface area contributed by atoms with Crippen LogP contribution in [0.1, 0.15) is 20.8 Å². The first-order valence-corrected chi connectivity index (χ1v) is 2.82. The van der Waals surface area contributed by atoms with E-state index in [-0.39, 0.29) is 5.41 Å². The van der Waals surface area contributed by atoms with Crippen LogP contribution in [0.4, 0.5) is 0 Å². The van der Waals surface area contributed by atoms with Gasteiger partial charge in [0.05, 0.1) is 6.26 Å². The zero-order valence-corrected chi connectivity index (χ0v) is 6.01. The Kier molecular flexibility index (Phi) is 2.43. The van der Waals surface area contributed by atoms with E-state index in [0.717, 1.165) is 6.26 Å². The third kappa shape index (κ3) is 2.31. The van der Waals surface area contributed by atoms with Gasteiger partial charge >= 0.3 is 0 Å². The molecule has 0 bridgehead atoms. The fourth-order valence-corrected chi connectivity index (χ4v) is 0.401.